The first-order valence-electron chi connectivity index (χ1n) is 7.01. The van der Waals surface area contributed by atoms with Gasteiger partial charge in [-0.25, -0.2) is 4.98 Å². The largest absolute Gasteiger partial charge is 0.310 e. The third kappa shape index (κ3) is 3.33. The first-order valence-corrected chi connectivity index (χ1v) is 8.38. The van der Waals surface area contributed by atoms with E-state index in [1.165, 1.54) is 11.8 Å². The molecule has 7 heteroatoms. The van der Waals surface area contributed by atoms with Gasteiger partial charge < -0.3 is 10.3 Å². The van der Waals surface area contributed by atoms with Crippen LogP contribution in [0.3, 0.4) is 0 Å². The minimum absolute atomic E-state index is 0.157. The van der Waals surface area contributed by atoms with Gasteiger partial charge in [-0.3, -0.25) is 9.59 Å². The number of rotatable bonds is 4. The highest BCUT2D eigenvalue weighted by atomic mass is 35.5. The van der Waals surface area contributed by atoms with Gasteiger partial charge in [-0.05, 0) is 17.7 Å². The summed E-state index contributed by atoms with van der Waals surface area (Å²) in [5.74, 6) is 0.466. The van der Waals surface area contributed by atoms with Crippen molar-refractivity contribution in [3.8, 4) is 0 Å². The lowest BCUT2D eigenvalue weighted by atomic mass is 9.87. The topological polar surface area (TPSA) is 74.8 Å². The van der Waals surface area contributed by atoms with Gasteiger partial charge in [-0.2, -0.15) is 0 Å². The highest BCUT2D eigenvalue weighted by molar-refractivity contribution is 7.99. The molecular weight excluding hydrogens is 334 g/mol. The van der Waals surface area contributed by atoms with Crippen LogP contribution in [-0.2, 0) is 4.79 Å². The van der Waals surface area contributed by atoms with Gasteiger partial charge in [0, 0.05) is 23.1 Å². The van der Waals surface area contributed by atoms with Crippen molar-refractivity contribution in [1.82, 2.24) is 9.97 Å². The highest BCUT2D eigenvalue weighted by Crippen LogP contribution is 2.34. The second-order valence-electron chi connectivity index (χ2n) is 5.09. The second kappa shape index (κ2) is 6.60. The van der Waals surface area contributed by atoms with Gasteiger partial charge in [0.25, 0.3) is 5.56 Å². The van der Waals surface area contributed by atoms with Crippen LogP contribution in [0.15, 0.2) is 46.9 Å². The lowest BCUT2D eigenvalue weighted by Crippen LogP contribution is -2.31. The maximum atomic E-state index is 12.5. The summed E-state index contributed by atoms with van der Waals surface area (Å²) in [5.41, 5.74) is 1.11. The molecule has 0 saturated carbocycles. The van der Waals surface area contributed by atoms with Crippen molar-refractivity contribution in [2.24, 2.45) is 0 Å². The average molecular weight is 348 g/mol. The van der Waals surface area contributed by atoms with Gasteiger partial charge >= 0.3 is 0 Å². The first kappa shape index (κ1) is 15.8. The van der Waals surface area contributed by atoms with Crippen molar-refractivity contribution >= 4 is 35.1 Å². The second-order valence-corrected chi connectivity index (χ2v) is 6.53. The van der Waals surface area contributed by atoms with Gasteiger partial charge in [0.2, 0.25) is 5.91 Å². The summed E-state index contributed by atoms with van der Waals surface area (Å²) in [5, 5.41) is 3.77. The van der Waals surface area contributed by atoms with Crippen molar-refractivity contribution in [3.63, 3.8) is 0 Å². The summed E-state index contributed by atoms with van der Waals surface area (Å²) in [6.07, 6.45) is 1.93. The number of amides is 1. The molecular formula is C16H14ClN3O2S. The smallest absolute Gasteiger partial charge is 0.257 e. The molecule has 23 heavy (non-hydrogen) atoms. The van der Waals surface area contributed by atoms with E-state index in [-0.39, 0.29) is 23.8 Å². The van der Waals surface area contributed by atoms with Crippen LogP contribution in [0.2, 0.25) is 5.02 Å². The first-order chi connectivity index (χ1) is 11.1. The Hall–Kier alpha value is -2.05. The number of hydrogen-bond acceptors (Lipinski definition) is 4. The molecule has 2 heterocycles. The zero-order valence-corrected chi connectivity index (χ0v) is 13.7. The average Bonchev–Trinajstić information content (AvgIpc) is 2.52. The molecule has 0 saturated heterocycles. The van der Waals surface area contributed by atoms with Crippen molar-refractivity contribution in [3.05, 3.63) is 63.4 Å². The molecule has 0 bridgehead atoms. The maximum Gasteiger partial charge on any atom is 0.257 e. The molecule has 118 valence electrons. The number of aromatic amines is 1. The summed E-state index contributed by atoms with van der Waals surface area (Å²) >= 11 is 7.26. The Labute approximate surface area is 142 Å². The molecule has 0 fully saturated rings. The van der Waals surface area contributed by atoms with E-state index < -0.39 is 0 Å². The van der Waals surface area contributed by atoms with E-state index in [0.29, 0.717) is 27.3 Å². The van der Waals surface area contributed by atoms with Crippen LogP contribution in [0, 0.1) is 0 Å². The standard InChI is InChI=1S/C16H14ClN3O2S/c1-2-7-23-16-19-14-13(15(22)20-16)11(8-12(21)18-14)9-3-5-10(17)6-4-9/h2-6,11H,1,7-8H2,(H2,18,19,20,21,22)/t11-/m1/s1. The Morgan fingerprint density at radius 2 is 2.09 bits per heavy atom. The molecule has 1 aliphatic heterocycles. The number of carbonyl (C=O) groups is 1. The molecule has 1 aliphatic rings. The SMILES string of the molecule is C=CCSc1nc2c(c(=O)[nH]1)[C@@H](c1ccc(Cl)cc1)CC(=O)N2. The molecule has 3 rings (SSSR count). The quantitative estimate of drug-likeness (QED) is 0.506. The van der Waals surface area contributed by atoms with E-state index in [0.717, 1.165) is 5.56 Å². The van der Waals surface area contributed by atoms with Gasteiger partial charge in [0.1, 0.15) is 5.82 Å². The number of hydrogen-bond donors (Lipinski definition) is 2. The van der Waals surface area contributed by atoms with E-state index in [2.05, 4.69) is 21.9 Å². The summed E-state index contributed by atoms with van der Waals surface area (Å²) in [7, 11) is 0. The van der Waals surface area contributed by atoms with Crippen LogP contribution in [0.4, 0.5) is 5.82 Å². The third-order valence-electron chi connectivity index (χ3n) is 3.54. The fraction of sp³-hybridized carbons (Fsp3) is 0.188. The summed E-state index contributed by atoms with van der Waals surface area (Å²) in [4.78, 5) is 31.6. The Balaban J connectivity index is 2.06. The zero-order chi connectivity index (χ0) is 16.4. The van der Waals surface area contributed by atoms with Gasteiger partial charge in [-0.15, -0.1) is 6.58 Å². The van der Waals surface area contributed by atoms with E-state index in [1.54, 1.807) is 18.2 Å². The number of nitrogens with zero attached hydrogens (tertiary/aromatic N) is 1. The minimum atomic E-state index is -0.328. The number of halogens is 1. The highest BCUT2D eigenvalue weighted by Gasteiger charge is 2.30. The number of H-pyrrole nitrogens is 1. The Morgan fingerprint density at radius 1 is 1.35 bits per heavy atom. The van der Waals surface area contributed by atoms with Crippen LogP contribution in [0.25, 0.3) is 0 Å². The molecule has 0 unspecified atom stereocenters. The number of thioether (sulfide) groups is 1. The predicted molar refractivity (Wildman–Crippen MR) is 92.3 cm³/mol. The van der Waals surface area contributed by atoms with Crippen LogP contribution >= 0.6 is 23.4 Å². The summed E-state index contributed by atoms with van der Waals surface area (Å²) < 4.78 is 0. The molecule has 1 amide bonds. The Bertz CT molecular complexity index is 817. The van der Waals surface area contributed by atoms with Crippen LogP contribution < -0.4 is 10.9 Å². The normalized spacial score (nSPS) is 16.6. The molecule has 2 N–H and O–H groups in total. The van der Waals surface area contributed by atoms with Gasteiger partial charge in [0.05, 0.1) is 5.56 Å². The molecule has 0 radical (unpaired) electrons. The summed E-state index contributed by atoms with van der Waals surface area (Å²) in [6.45, 7) is 3.64. The lowest BCUT2D eigenvalue weighted by molar-refractivity contribution is -0.116. The van der Waals surface area contributed by atoms with Crippen molar-refractivity contribution < 1.29 is 4.79 Å². The molecule has 2 aromatic rings. The van der Waals surface area contributed by atoms with E-state index in [9.17, 15) is 9.59 Å². The molecule has 0 spiro atoms. The van der Waals surface area contributed by atoms with Crippen molar-refractivity contribution in [1.29, 1.82) is 0 Å². The van der Waals surface area contributed by atoms with Crippen LogP contribution in [0.1, 0.15) is 23.5 Å². The monoisotopic (exact) mass is 347 g/mol. The lowest BCUT2D eigenvalue weighted by Gasteiger charge is -2.24. The molecule has 1 aromatic carbocycles. The molecule has 5 nitrogen and oxygen atoms in total. The third-order valence-corrected chi connectivity index (χ3v) is 4.66. The minimum Gasteiger partial charge on any atom is -0.310 e. The molecule has 0 aliphatic carbocycles. The van der Waals surface area contributed by atoms with E-state index >= 15 is 0 Å². The zero-order valence-electron chi connectivity index (χ0n) is 12.1. The molecule has 1 atom stereocenters. The number of nitrogens with one attached hydrogen (secondary N) is 2. The Kier molecular flexibility index (Phi) is 4.54. The fourth-order valence-corrected chi connectivity index (χ4v) is 3.26. The van der Waals surface area contributed by atoms with Crippen molar-refractivity contribution in [2.45, 2.75) is 17.5 Å². The predicted octanol–water partition coefficient (Wildman–Crippen LogP) is 3.18. The summed E-state index contributed by atoms with van der Waals surface area (Å²) in [6, 6.07) is 7.16. The number of fused-ring (bicyclic) bond motifs is 1. The van der Waals surface area contributed by atoms with Crippen LogP contribution in [-0.4, -0.2) is 21.6 Å². The van der Waals surface area contributed by atoms with Crippen molar-refractivity contribution in [2.75, 3.05) is 11.1 Å². The fourth-order valence-electron chi connectivity index (χ4n) is 2.54. The van der Waals surface area contributed by atoms with E-state index in [1.807, 2.05) is 12.1 Å². The number of benzene rings is 1. The number of aromatic nitrogens is 2. The maximum absolute atomic E-state index is 12.5. The van der Waals surface area contributed by atoms with E-state index in [4.69, 9.17) is 11.6 Å². The van der Waals surface area contributed by atoms with Crippen LogP contribution in [0.5, 0.6) is 0 Å². The Morgan fingerprint density at radius 3 is 2.78 bits per heavy atom. The van der Waals surface area contributed by atoms with Gasteiger partial charge in [-0.1, -0.05) is 41.6 Å². The number of carbonyl (C=O) groups excluding carboxylic acids is 1. The molecule has 1 aromatic heterocycles. The van der Waals surface area contributed by atoms with Gasteiger partial charge in [0.15, 0.2) is 5.16 Å². The number of anilines is 1.